The van der Waals surface area contributed by atoms with Gasteiger partial charge in [-0.05, 0) is 51.4 Å². The van der Waals surface area contributed by atoms with Crippen molar-refractivity contribution in [3.05, 3.63) is 24.2 Å². The Morgan fingerprint density at radius 2 is 1.95 bits per heavy atom. The SMILES string of the molecule is CCNC(c1ccoc1)C1(N2CCCCC2)CCCC1. The summed E-state index contributed by atoms with van der Waals surface area (Å²) in [5.41, 5.74) is 1.65. The van der Waals surface area contributed by atoms with Gasteiger partial charge in [-0.1, -0.05) is 26.2 Å². The molecule has 112 valence electrons. The third kappa shape index (κ3) is 2.53. The van der Waals surface area contributed by atoms with Gasteiger partial charge in [0.15, 0.2) is 0 Å². The van der Waals surface area contributed by atoms with Gasteiger partial charge in [-0.15, -0.1) is 0 Å². The summed E-state index contributed by atoms with van der Waals surface area (Å²) >= 11 is 0. The lowest BCUT2D eigenvalue weighted by Crippen LogP contribution is -2.56. The summed E-state index contributed by atoms with van der Waals surface area (Å²) in [6, 6.07) is 2.57. The number of rotatable bonds is 5. The molecular weight excluding hydrogens is 248 g/mol. The first-order valence-electron chi connectivity index (χ1n) is 8.37. The van der Waals surface area contributed by atoms with Crippen molar-refractivity contribution in [2.24, 2.45) is 0 Å². The van der Waals surface area contributed by atoms with Gasteiger partial charge < -0.3 is 9.73 Å². The Hall–Kier alpha value is -0.800. The van der Waals surface area contributed by atoms with Crippen LogP contribution in [0.2, 0.25) is 0 Å². The Morgan fingerprint density at radius 1 is 1.20 bits per heavy atom. The highest BCUT2D eigenvalue weighted by Gasteiger charge is 2.46. The van der Waals surface area contributed by atoms with Gasteiger partial charge in [0.05, 0.1) is 18.6 Å². The largest absolute Gasteiger partial charge is 0.472 e. The molecule has 2 aliphatic rings. The summed E-state index contributed by atoms with van der Waals surface area (Å²) in [4.78, 5) is 2.80. The van der Waals surface area contributed by atoms with Crippen LogP contribution in [-0.4, -0.2) is 30.1 Å². The van der Waals surface area contributed by atoms with E-state index in [9.17, 15) is 0 Å². The maximum absolute atomic E-state index is 5.38. The van der Waals surface area contributed by atoms with Crippen LogP contribution in [0.1, 0.15) is 63.5 Å². The first kappa shape index (κ1) is 14.2. The smallest absolute Gasteiger partial charge is 0.0951 e. The normalized spacial score (nSPS) is 24.9. The predicted molar refractivity (Wildman–Crippen MR) is 81.7 cm³/mol. The van der Waals surface area contributed by atoms with Crippen LogP contribution in [0.25, 0.3) is 0 Å². The Bertz CT molecular complexity index is 389. The van der Waals surface area contributed by atoms with Crippen molar-refractivity contribution in [1.82, 2.24) is 10.2 Å². The number of piperidine rings is 1. The van der Waals surface area contributed by atoms with Crippen LogP contribution in [0.5, 0.6) is 0 Å². The quantitative estimate of drug-likeness (QED) is 0.888. The second-order valence-corrected chi connectivity index (χ2v) is 6.41. The number of nitrogens with zero attached hydrogens (tertiary/aromatic N) is 1. The van der Waals surface area contributed by atoms with Crippen LogP contribution in [0.3, 0.4) is 0 Å². The molecule has 3 rings (SSSR count). The molecule has 1 saturated heterocycles. The highest BCUT2D eigenvalue weighted by Crippen LogP contribution is 2.45. The fourth-order valence-electron chi connectivity index (χ4n) is 4.38. The molecule has 1 aliphatic carbocycles. The summed E-state index contributed by atoms with van der Waals surface area (Å²) in [6.45, 7) is 5.79. The summed E-state index contributed by atoms with van der Waals surface area (Å²) in [5, 5.41) is 3.76. The minimum atomic E-state index is 0.320. The fraction of sp³-hybridized carbons (Fsp3) is 0.765. The number of likely N-dealkylation sites (N-methyl/N-ethyl adjacent to an activating group) is 1. The van der Waals surface area contributed by atoms with Crippen LogP contribution < -0.4 is 5.32 Å². The number of hydrogen-bond acceptors (Lipinski definition) is 3. The molecule has 3 nitrogen and oxygen atoms in total. The lowest BCUT2D eigenvalue weighted by Gasteiger charge is -2.48. The van der Waals surface area contributed by atoms with Gasteiger partial charge in [-0.3, -0.25) is 4.90 Å². The highest BCUT2D eigenvalue weighted by molar-refractivity contribution is 5.20. The lowest BCUT2D eigenvalue weighted by atomic mass is 9.81. The van der Waals surface area contributed by atoms with Crippen LogP contribution in [0.4, 0.5) is 0 Å². The second kappa shape index (κ2) is 6.31. The first-order chi connectivity index (χ1) is 9.87. The van der Waals surface area contributed by atoms with E-state index in [1.807, 2.05) is 12.5 Å². The van der Waals surface area contributed by atoms with E-state index in [1.54, 1.807) is 0 Å². The van der Waals surface area contributed by atoms with E-state index >= 15 is 0 Å². The maximum Gasteiger partial charge on any atom is 0.0951 e. The molecule has 1 unspecified atom stereocenters. The van der Waals surface area contributed by atoms with Crippen LogP contribution in [0.15, 0.2) is 23.0 Å². The third-order valence-corrected chi connectivity index (χ3v) is 5.28. The maximum atomic E-state index is 5.38. The zero-order valence-electron chi connectivity index (χ0n) is 12.7. The summed E-state index contributed by atoms with van der Waals surface area (Å²) in [7, 11) is 0. The molecule has 0 bridgehead atoms. The number of furan rings is 1. The van der Waals surface area contributed by atoms with E-state index in [-0.39, 0.29) is 0 Å². The molecule has 0 aromatic carbocycles. The van der Waals surface area contributed by atoms with E-state index in [0.29, 0.717) is 11.6 Å². The second-order valence-electron chi connectivity index (χ2n) is 6.41. The Kier molecular flexibility index (Phi) is 4.47. The standard InChI is InChI=1S/C17H28N2O/c1-2-18-16(15-8-13-20-14-15)17(9-4-5-10-17)19-11-6-3-7-12-19/h8,13-14,16,18H,2-7,9-12H2,1H3. The third-order valence-electron chi connectivity index (χ3n) is 5.28. The van der Waals surface area contributed by atoms with Gasteiger partial charge in [0.25, 0.3) is 0 Å². The van der Waals surface area contributed by atoms with E-state index in [4.69, 9.17) is 4.42 Å². The molecule has 1 N–H and O–H groups in total. The van der Waals surface area contributed by atoms with Crippen molar-refractivity contribution >= 4 is 0 Å². The summed E-state index contributed by atoms with van der Waals surface area (Å²) < 4.78 is 5.38. The molecule has 0 radical (unpaired) electrons. The topological polar surface area (TPSA) is 28.4 Å². The van der Waals surface area contributed by atoms with Gasteiger partial charge in [0.1, 0.15) is 0 Å². The minimum Gasteiger partial charge on any atom is -0.472 e. The lowest BCUT2D eigenvalue weighted by molar-refractivity contribution is 0.0363. The van der Waals surface area contributed by atoms with Gasteiger partial charge in [0, 0.05) is 11.1 Å². The Balaban J connectivity index is 1.90. The van der Waals surface area contributed by atoms with Crippen LogP contribution >= 0.6 is 0 Å². The Morgan fingerprint density at radius 3 is 2.55 bits per heavy atom. The fourth-order valence-corrected chi connectivity index (χ4v) is 4.38. The minimum absolute atomic E-state index is 0.320. The molecule has 1 aliphatic heterocycles. The van der Waals surface area contributed by atoms with Crippen LogP contribution in [0, 0.1) is 0 Å². The molecule has 1 atom stereocenters. The molecule has 0 spiro atoms. The zero-order valence-corrected chi connectivity index (χ0v) is 12.7. The van der Waals surface area contributed by atoms with Crippen molar-refractivity contribution < 1.29 is 4.42 Å². The average molecular weight is 276 g/mol. The molecule has 1 aromatic heterocycles. The van der Waals surface area contributed by atoms with Gasteiger partial charge in [-0.2, -0.15) is 0 Å². The van der Waals surface area contributed by atoms with Gasteiger partial charge >= 0.3 is 0 Å². The van der Waals surface area contributed by atoms with Crippen LogP contribution in [-0.2, 0) is 0 Å². The van der Waals surface area contributed by atoms with E-state index in [2.05, 4.69) is 23.2 Å². The number of nitrogens with one attached hydrogen (secondary N) is 1. The van der Waals surface area contributed by atoms with Crippen molar-refractivity contribution in [3.63, 3.8) is 0 Å². The molecule has 0 amide bonds. The van der Waals surface area contributed by atoms with Crippen molar-refractivity contribution in [1.29, 1.82) is 0 Å². The summed E-state index contributed by atoms with van der Waals surface area (Å²) in [5.74, 6) is 0. The monoisotopic (exact) mass is 276 g/mol. The van der Waals surface area contributed by atoms with Gasteiger partial charge in [0.2, 0.25) is 0 Å². The van der Waals surface area contributed by atoms with Crippen molar-refractivity contribution in [2.75, 3.05) is 19.6 Å². The molecule has 2 fully saturated rings. The summed E-state index contributed by atoms with van der Waals surface area (Å²) in [6.07, 6.45) is 13.3. The Labute approximate surface area is 122 Å². The molecule has 20 heavy (non-hydrogen) atoms. The molecular formula is C17H28N2O. The van der Waals surface area contributed by atoms with Crippen molar-refractivity contribution in [3.8, 4) is 0 Å². The van der Waals surface area contributed by atoms with E-state index in [0.717, 1.165) is 6.54 Å². The van der Waals surface area contributed by atoms with E-state index < -0.39 is 0 Å². The number of hydrogen-bond donors (Lipinski definition) is 1. The van der Waals surface area contributed by atoms with Crippen molar-refractivity contribution in [2.45, 2.75) is 63.5 Å². The first-order valence-corrected chi connectivity index (χ1v) is 8.37. The average Bonchev–Trinajstić information content (AvgIpc) is 3.18. The molecule has 1 saturated carbocycles. The van der Waals surface area contributed by atoms with Gasteiger partial charge in [-0.25, -0.2) is 0 Å². The number of likely N-dealkylation sites (tertiary alicyclic amines) is 1. The molecule has 3 heteroatoms. The predicted octanol–water partition coefficient (Wildman–Crippen LogP) is 3.73. The molecule has 1 aromatic rings. The highest BCUT2D eigenvalue weighted by atomic mass is 16.3. The zero-order chi connectivity index (χ0) is 13.8. The molecule has 2 heterocycles. The van der Waals surface area contributed by atoms with E-state index in [1.165, 1.54) is 63.6 Å².